The zero-order valence-corrected chi connectivity index (χ0v) is 10.4. The molecule has 1 aromatic heterocycles. The van der Waals surface area contributed by atoms with Gasteiger partial charge in [-0.1, -0.05) is 13.0 Å². The molecule has 0 bridgehead atoms. The zero-order chi connectivity index (χ0) is 12.7. The molecule has 0 saturated carbocycles. The van der Waals surface area contributed by atoms with E-state index in [1.807, 2.05) is 26.0 Å². The molecule has 0 aliphatic rings. The number of nitrogens with zero attached hydrogens (tertiary/aromatic N) is 1. The Morgan fingerprint density at radius 1 is 1.59 bits per heavy atom. The topological polar surface area (TPSA) is 62.2 Å². The minimum absolute atomic E-state index is 0.0351. The number of nitrogens with one attached hydrogen (secondary N) is 1. The summed E-state index contributed by atoms with van der Waals surface area (Å²) in [6.07, 6.45) is 3.42. The fourth-order valence-electron chi connectivity index (χ4n) is 1.67. The average Bonchev–Trinajstić information content (AvgIpc) is 2.31. The molecule has 1 atom stereocenters. The molecule has 0 radical (unpaired) electrons. The van der Waals surface area contributed by atoms with Crippen LogP contribution in [0.15, 0.2) is 18.3 Å². The Morgan fingerprint density at radius 3 is 2.94 bits per heavy atom. The van der Waals surface area contributed by atoms with E-state index in [0.717, 1.165) is 17.7 Å². The average molecular weight is 236 g/mol. The van der Waals surface area contributed by atoms with Gasteiger partial charge < -0.3 is 10.4 Å². The maximum atomic E-state index is 11.8. The number of carbonyl (C=O) groups excluding carboxylic acids is 1. The van der Waals surface area contributed by atoms with Gasteiger partial charge in [-0.2, -0.15) is 0 Å². The third-order valence-electron chi connectivity index (χ3n) is 2.78. The minimum atomic E-state index is -0.0351. The molecule has 0 aliphatic heterocycles. The second-order valence-corrected chi connectivity index (χ2v) is 4.13. The first kappa shape index (κ1) is 13.6. The third-order valence-corrected chi connectivity index (χ3v) is 2.78. The highest BCUT2D eigenvalue weighted by molar-refractivity contribution is 5.78. The van der Waals surface area contributed by atoms with E-state index in [9.17, 15) is 4.79 Å². The van der Waals surface area contributed by atoms with Gasteiger partial charge in [-0.25, -0.2) is 0 Å². The molecule has 1 rings (SSSR count). The summed E-state index contributed by atoms with van der Waals surface area (Å²) in [5.41, 5.74) is 1.83. The van der Waals surface area contributed by atoms with Crippen LogP contribution in [-0.2, 0) is 11.2 Å². The Kier molecular flexibility index (Phi) is 5.63. The Bertz CT molecular complexity index is 366. The Morgan fingerprint density at radius 2 is 2.35 bits per heavy atom. The van der Waals surface area contributed by atoms with Crippen LogP contribution in [0.2, 0.25) is 0 Å². The van der Waals surface area contributed by atoms with Crippen LogP contribution in [0.3, 0.4) is 0 Å². The van der Waals surface area contributed by atoms with Crippen LogP contribution in [-0.4, -0.2) is 28.6 Å². The van der Waals surface area contributed by atoms with E-state index in [4.69, 9.17) is 5.11 Å². The maximum absolute atomic E-state index is 11.8. The van der Waals surface area contributed by atoms with Crippen molar-refractivity contribution in [2.75, 3.05) is 6.61 Å². The lowest BCUT2D eigenvalue weighted by Gasteiger charge is -2.15. The Hall–Kier alpha value is -1.42. The molecule has 0 spiro atoms. The lowest BCUT2D eigenvalue weighted by Crippen LogP contribution is -2.36. The molecule has 1 aromatic rings. The smallest absolute Gasteiger partial charge is 0.226 e. The van der Waals surface area contributed by atoms with Crippen molar-refractivity contribution < 1.29 is 9.90 Å². The van der Waals surface area contributed by atoms with Gasteiger partial charge in [0.25, 0.3) is 0 Å². The predicted octanol–water partition coefficient (Wildman–Crippen LogP) is 1.21. The molecule has 94 valence electrons. The summed E-state index contributed by atoms with van der Waals surface area (Å²) >= 11 is 0. The molecule has 4 heteroatoms. The second-order valence-electron chi connectivity index (χ2n) is 4.13. The number of hydrogen-bond acceptors (Lipinski definition) is 3. The standard InChI is InChI=1S/C13H20N2O2/c1-3-11(6-8-16)15-13(17)9-12-10(2)5-4-7-14-12/h4-5,7,11,16H,3,6,8-9H2,1-2H3,(H,15,17). The molecule has 17 heavy (non-hydrogen) atoms. The number of pyridine rings is 1. The first-order chi connectivity index (χ1) is 8.17. The fraction of sp³-hybridized carbons (Fsp3) is 0.538. The van der Waals surface area contributed by atoms with Crippen molar-refractivity contribution in [3.63, 3.8) is 0 Å². The Balaban J connectivity index is 2.52. The molecule has 0 fully saturated rings. The van der Waals surface area contributed by atoms with Gasteiger partial charge in [0.2, 0.25) is 5.91 Å². The van der Waals surface area contributed by atoms with Crippen LogP contribution in [0.25, 0.3) is 0 Å². The third kappa shape index (κ3) is 4.53. The van der Waals surface area contributed by atoms with E-state index in [-0.39, 0.29) is 18.6 Å². The molecule has 1 heterocycles. The van der Waals surface area contributed by atoms with Gasteiger partial charge in [0.05, 0.1) is 12.1 Å². The zero-order valence-electron chi connectivity index (χ0n) is 10.4. The summed E-state index contributed by atoms with van der Waals surface area (Å²) in [7, 11) is 0. The molecule has 1 unspecified atom stereocenters. The van der Waals surface area contributed by atoms with E-state index in [0.29, 0.717) is 12.8 Å². The second kappa shape index (κ2) is 7.01. The molecule has 4 nitrogen and oxygen atoms in total. The lowest BCUT2D eigenvalue weighted by molar-refractivity contribution is -0.121. The molecule has 0 aliphatic carbocycles. The van der Waals surface area contributed by atoms with E-state index in [1.54, 1.807) is 6.20 Å². The summed E-state index contributed by atoms with van der Waals surface area (Å²) < 4.78 is 0. The predicted molar refractivity (Wildman–Crippen MR) is 66.6 cm³/mol. The highest BCUT2D eigenvalue weighted by Gasteiger charge is 2.11. The number of aromatic nitrogens is 1. The quantitative estimate of drug-likeness (QED) is 0.780. The van der Waals surface area contributed by atoms with Crippen molar-refractivity contribution in [3.8, 4) is 0 Å². The van der Waals surface area contributed by atoms with Crippen LogP contribution in [0.5, 0.6) is 0 Å². The molecule has 2 N–H and O–H groups in total. The van der Waals surface area contributed by atoms with Gasteiger partial charge in [0, 0.05) is 18.8 Å². The van der Waals surface area contributed by atoms with Gasteiger partial charge in [0.15, 0.2) is 0 Å². The number of rotatable bonds is 6. The van der Waals surface area contributed by atoms with Gasteiger partial charge in [-0.05, 0) is 31.4 Å². The number of aliphatic hydroxyl groups is 1. The van der Waals surface area contributed by atoms with Gasteiger partial charge in [-0.15, -0.1) is 0 Å². The van der Waals surface area contributed by atoms with Crippen LogP contribution >= 0.6 is 0 Å². The van der Waals surface area contributed by atoms with Crippen molar-refractivity contribution in [2.24, 2.45) is 0 Å². The monoisotopic (exact) mass is 236 g/mol. The number of aryl methyl sites for hydroxylation is 1. The normalized spacial score (nSPS) is 12.2. The summed E-state index contributed by atoms with van der Waals surface area (Å²) in [5.74, 6) is -0.0351. The fourth-order valence-corrected chi connectivity index (χ4v) is 1.67. The van der Waals surface area contributed by atoms with Crippen molar-refractivity contribution in [1.29, 1.82) is 0 Å². The summed E-state index contributed by atoms with van der Waals surface area (Å²) in [6.45, 7) is 4.04. The number of amides is 1. The molecule has 0 saturated heterocycles. The highest BCUT2D eigenvalue weighted by atomic mass is 16.3. The SMILES string of the molecule is CCC(CCO)NC(=O)Cc1ncccc1C. The first-order valence-corrected chi connectivity index (χ1v) is 5.98. The van der Waals surface area contributed by atoms with Crippen molar-refractivity contribution in [3.05, 3.63) is 29.6 Å². The summed E-state index contributed by atoms with van der Waals surface area (Å²) in [6, 6.07) is 3.86. The largest absolute Gasteiger partial charge is 0.396 e. The summed E-state index contributed by atoms with van der Waals surface area (Å²) in [5, 5.41) is 11.8. The van der Waals surface area contributed by atoms with Crippen LogP contribution < -0.4 is 5.32 Å². The van der Waals surface area contributed by atoms with E-state index in [2.05, 4.69) is 10.3 Å². The van der Waals surface area contributed by atoms with Crippen molar-refractivity contribution in [1.82, 2.24) is 10.3 Å². The van der Waals surface area contributed by atoms with E-state index in [1.165, 1.54) is 0 Å². The number of carbonyl (C=O) groups is 1. The van der Waals surface area contributed by atoms with Crippen LogP contribution in [0.1, 0.15) is 31.0 Å². The van der Waals surface area contributed by atoms with Gasteiger partial charge in [-0.3, -0.25) is 9.78 Å². The lowest BCUT2D eigenvalue weighted by atomic mass is 10.1. The molecular weight excluding hydrogens is 216 g/mol. The number of aliphatic hydroxyl groups excluding tert-OH is 1. The molecular formula is C13H20N2O2. The minimum Gasteiger partial charge on any atom is -0.396 e. The van der Waals surface area contributed by atoms with Crippen LogP contribution in [0, 0.1) is 6.92 Å². The Labute approximate surface area is 102 Å². The van der Waals surface area contributed by atoms with E-state index < -0.39 is 0 Å². The number of hydrogen-bond donors (Lipinski definition) is 2. The van der Waals surface area contributed by atoms with Gasteiger partial charge in [0.1, 0.15) is 0 Å². The van der Waals surface area contributed by atoms with Crippen LogP contribution in [0.4, 0.5) is 0 Å². The maximum Gasteiger partial charge on any atom is 0.226 e. The summed E-state index contributed by atoms with van der Waals surface area (Å²) in [4.78, 5) is 16.0. The van der Waals surface area contributed by atoms with E-state index >= 15 is 0 Å². The van der Waals surface area contributed by atoms with Crippen molar-refractivity contribution >= 4 is 5.91 Å². The van der Waals surface area contributed by atoms with Gasteiger partial charge >= 0.3 is 0 Å². The first-order valence-electron chi connectivity index (χ1n) is 5.98. The molecule has 0 aromatic carbocycles. The molecule has 1 amide bonds. The highest BCUT2D eigenvalue weighted by Crippen LogP contribution is 2.04. The van der Waals surface area contributed by atoms with Crippen molar-refractivity contribution in [2.45, 2.75) is 39.2 Å².